The lowest BCUT2D eigenvalue weighted by molar-refractivity contribution is 0.102. The highest BCUT2D eigenvalue weighted by atomic mass is 79.9. The van der Waals surface area contributed by atoms with Crippen LogP contribution in [0.4, 0.5) is 17.2 Å². The van der Waals surface area contributed by atoms with Crippen LogP contribution in [0.5, 0.6) is 0 Å². The maximum Gasteiger partial charge on any atom is 0.256 e. The number of nitrogens with zero attached hydrogens (tertiary/aromatic N) is 4. The first-order valence-electron chi connectivity index (χ1n) is 8.88. The molecule has 0 spiro atoms. The third-order valence-corrected chi connectivity index (χ3v) is 4.83. The van der Waals surface area contributed by atoms with Crippen molar-refractivity contribution in [3.8, 4) is 5.82 Å². The lowest BCUT2D eigenvalue weighted by Gasteiger charge is -2.09. The summed E-state index contributed by atoms with van der Waals surface area (Å²) in [5.41, 5.74) is 3.03. The van der Waals surface area contributed by atoms with Gasteiger partial charge in [-0.3, -0.25) is 4.79 Å². The van der Waals surface area contributed by atoms with Crippen molar-refractivity contribution in [3.05, 3.63) is 88.7 Å². The van der Waals surface area contributed by atoms with E-state index >= 15 is 0 Å². The zero-order valence-electron chi connectivity index (χ0n) is 15.5. The first-order chi connectivity index (χ1) is 14.1. The van der Waals surface area contributed by atoms with Gasteiger partial charge in [0.1, 0.15) is 0 Å². The third-order valence-electron chi connectivity index (χ3n) is 4.14. The molecular weight excluding hydrogens is 432 g/mol. The molecule has 0 bridgehead atoms. The van der Waals surface area contributed by atoms with Crippen LogP contribution in [0.3, 0.4) is 0 Å². The molecule has 2 heterocycles. The van der Waals surface area contributed by atoms with Gasteiger partial charge in [0.05, 0.1) is 11.3 Å². The molecule has 2 N–H and O–H groups in total. The number of halogens is 1. The number of hydrogen-bond acceptors (Lipinski definition) is 5. The van der Waals surface area contributed by atoms with E-state index in [0.29, 0.717) is 22.9 Å². The van der Waals surface area contributed by atoms with E-state index in [-0.39, 0.29) is 5.91 Å². The van der Waals surface area contributed by atoms with Crippen molar-refractivity contribution in [2.75, 3.05) is 10.6 Å². The highest BCUT2D eigenvalue weighted by Gasteiger charge is 2.09. The van der Waals surface area contributed by atoms with Gasteiger partial charge in [-0.25, -0.2) is 4.68 Å². The Morgan fingerprint density at radius 2 is 1.69 bits per heavy atom. The highest BCUT2D eigenvalue weighted by Crippen LogP contribution is 2.20. The van der Waals surface area contributed by atoms with E-state index in [1.807, 2.05) is 73.8 Å². The molecule has 0 aliphatic carbocycles. The van der Waals surface area contributed by atoms with Gasteiger partial charge < -0.3 is 10.6 Å². The van der Waals surface area contributed by atoms with Crippen LogP contribution in [-0.4, -0.2) is 25.9 Å². The molecule has 0 unspecified atom stereocenters. The van der Waals surface area contributed by atoms with E-state index in [1.165, 1.54) is 0 Å². The topological polar surface area (TPSA) is 84.7 Å². The molecule has 0 atom stereocenters. The first kappa shape index (κ1) is 18.8. The van der Waals surface area contributed by atoms with Crippen molar-refractivity contribution in [1.29, 1.82) is 0 Å². The van der Waals surface area contributed by atoms with E-state index in [2.05, 4.69) is 41.9 Å². The lowest BCUT2D eigenvalue weighted by atomic mass is 10.2. The lowest BCUT2D eigenvalue weighted by Crippen LogP contribution is -2.12. The van der Waals surface area contributed by atoms with Crippen LogP contribution in [0.15, 0.2) is 77.4 Å². The molecule has 4 aromatic rings. The molecule has 0 saturated carbocycles. The monoisotopic (exact) mass is 448 g/mol. The number of carbonyl (C=O) groups excluding carboxylic acids is 1. The van der Waals surface area contributed by atoms with Gasteiger partial charge in [0.2, 0.25) is 0 Å². The Hall–Kier alpha value is -3.52. The second-order valence-electron chi connectivity index (χ2n) is 6.31. The summed E-state index contributed by atoms with van der Waals surface area (Å²) in [5.74, 6) is 1.09. The van der Waals surface area contributed by atoms with Crippen molar-refractivity contribution in [2.45, 2.75) is 6.92 Å². The van der Waals surface area contributed by atoms with E-state index < -0.39 is 0 Å². The predicted octanol–water partition coefficient (Wildman–Crippen LogP) is 4.73. The normalized spacial score (nSPS) is 10.6. The fourth-order valence-corrected chi connectivity index (χ4v) is 3.15. The highest BCUT2D eigenvalue weighted by molar-refractivity contribution is 9.10. The molecule has 0 aliphatic rings. The van der Waals surface area contributed by atoms with Gasteiger partial charge in [-0.1, -0.05) is 12.1 Å². The summed E-state index contributed by atoms with van der Waals surface area (Å²) in [4.78, 5) is 12.4. The van der Waals surface area contributed by atoms with Crippen molar-refractivity contribution < 1.29 is 4.79 Å². The van der Waals surface area contributed by atoms with Crippen molar-refractivity contribution >= 4 is 39.0 Å². The Balaban J connectivity index is 1.40. The molecule has 144 valence electrons. The fourth-order valence-electron chi connectivity index (χ4n) is 2.69. The fraction of sp³-hybridized carbons (Fsp3) is 0.0476. The van der Waals surface area contributed by atoms with Crippen LogP contribution in [0.25, 0.3) is 5.82 Å². The van der Waals surface area contributed by atoms with E-state index in [0.717, 1.165) is 15.9 Å². The van der Waals surface area contributed by atoms with Gasteiger partial charge in [-0.15, -0.1) is 10.2 Å². The molecular formula is C21H17BrN6O. The van der Waals surface area contributed by atoms with Crippen LogP contribution in [-0.2, 0) is 0 Å². The quantitative estimate of drug-likeness (QED) is 0.460. The van der Waals surface area contributed by atoms with Crippen molar-refractivity contribution in [3.63, 3.8) is 0 Å². The molecule has 8 heteroatoms. The molecule has 2 aromatic heterocycles. The summed E-state index contributed by atoms with van der Waals surface area (Å²) in [6.07, 6.45) is 1.84. The average molecular weight is 449 g/mol. The van der Waals surface area contributed by atoms with Crippen molar-refractivity contribution in [1.82, 2.24) is 20.0 Å². The van der Waals surface area contributed by atoms with E-state index in [4.69, 9.17) is 0 Å². The smallest absolute Gasteiger partial charge is 0.256 e. The molecule has 7 nitrogen and oxygen atoms in total. The minimum atomic E-state index is -0.173. The van der Waals surface area contributed by atoms with Gasteiger partial charge in [0, 0.05) is 22.0 Å². The van der Waals surface area contributed by atoms with Gasteiger partial charge in [-0.05, 0) is 77.5 Å². The van der Waals surface area contributed by atoms with E-state index in [9.17, 15) is 4.79 Å². The maximum atomic E-state index is 12.4. The Morgan fingerprint density at radius 3 is 2.34 bits per heavy atom. The second-order valence-corrected chi connectivity index (χ2v) is 7.17. The molecule has 29 heavy (non-hydrogen) atoms. The zero-order chi connectivity index (χ0) is 20.2. The Morgan fingerprint density at radius 1 is 0.931 bits per heavy atom. The minimum Gasteiger partial charge on any atom is -0.339 e. The van der Waals surface area contributed by atoms with Gasteiger partial charge in [-0.2, -0.15) is 5.10 Å². The number of rotatable bonds is 5. The average Bonchev–Trinajstić information content (AvgIpc) is 3.16. The summed E-state index contributed by atoms with van der Waals surface area (Å²) in [6.45, 7) is 1.92. The Bertz CT molecular complexity index is 1140. The molecule has 0 saturated heterocycles. The maximum absolute atomic E-state index is 12.4. The number of benzene rings is 2. The van der Waals surface area contributed by atoms with Crippen LogP contribution in [0.1, 0.15) is 16.1 Å². The van der Waals surface area contributed by atoms with Crippen LogP contribution in [0, 0.1) is 6.92 Å². The molecule has 0 fully saturated rings. The summed E-state index contributed by atoms with van der Waals surface area (Å²) >= 11 is 3.39. The molecule has 0 aliphatic heterocycles. The molecule has 2 aromatic carbocycles. The second kappa shape index (κ2) is 8.24. The summed E-state index contributed by atoms with van der Waals surface area (Å²) < 4.78 is 2.43. The molecule has 4 rings (SSSR count). The Labute approximate surface area is 175 Å². The SMILES string of the molecule is Cc1ccn(-c2ccc(Nc3ccc(NC(=O)c4ccccc4Br)cc3)nn2)n1. The van der Waals surface area contributed by atoms with Crippen LogP contribution < -0.4 is 10.6 Å². The standard InChI is InChI=1S/C21H17BrN6O/c1-14-12-13-28(27-14)20-11-10-19(25-26-20)23-15-6-8-16(9-7-15)24-21(29)17-4-2-3-5-18(17)22/h2-13H,1H3,(H,23,25)(H,24,29). The Kier molecular flexibility index (Phi) is 5.35. The minimum absolute atomic E-state index is 0.173. The van der Waals surface area contributed by atoms with Gasteiger partial charge >= 0.3 is 0 Å². The van der Waals surface area contributed by atoms with Gasteiger partial charge in [0.15, 0.2) is 11.6 Å². The summed E-state index contributed by atoms with van der Waals surface area (Å²) in [6, 6.07) is 20.3. The summed E-state index contributed by atoms with van der Waals surface area (Å²) in [5, 5.41) is 18.7. The van der Waals surface area contributed by atoms with E-state index in [1.54, 1.807) is 10.7 Å². The van der Waals surface area contributed by atoms with Crippen LogP contribution >= 0.6 is 15.9 Å². The number of aryl methyl sites for hydroxylation is 1. The molecule has 1 amide bonds. The predicted molar refractivity (Wildman–Crippen MR) is 116 cm³/mol. The van der Waals surface area contributed by atoms with Crippen molar-refractivity contribution in [2.24, 2.45) is 0 Å². The van der Waals surface area contributed by atoms with Crippen LogP contribution in [0.2, 0.25) is 0 Å². The number of aromatic nitrogens is 4. The van der Waals surface area contributed by atoms with Gasteiger partial charge in [0.25, 0.3) is 5.91 Å². The third kappa shape index (κ3) is 4.49. The number of anilines is 3. The number of nitrogens with one attached hydrogen (secondary N) is 2. The zero-order valence-corrected chi connectivity index (χ0v) is 17.1. The number of carbonyl (C=O) groups is 1. The number of amides is 1. The largest absolute Gasteiger partial charge is 0.339 e. The first-order valence-corrected chi connectivity index (χ1v) is 9.67. The molecule has 0 radical (unpaired) electrons. The number of hydrogen-bond donors (Lipinski definition) is 2. The summed E-state index contributed by atoms with van der Waals surface area (Å²) in [7, 11) is 0.